The van der Waals surface area contributed by atoms with Crippen molar-refractivity contribution in [2.75, 3.05) is 5.32 Å². The van der Waals surface area contributed by atoms with E-state index in [1.54, 1.807) is 0 Å². The Morgan fingerprint density at radius 1 is 1.20 bits per heavy atom. The first kappa shape index (κ1) is 15.4. The molecule has 0 aliphatic carbocycles. The van der Waals surface area contributed by atoms with Gasteiger partial charge in [-0.05, 0) is 66.4 Å². The maximum absolute atomic E-state index is 6.10. The van der Waals surface area contributed by atoms with E-state index in [9.17, 15) is 0 Å². The van der Waals surface area contributed by atoms with E-state index in [1.807, 2.05) is 18.2 Å². The molecular formula is C17H19BrClN. The maximum Gasteiger partial charge on any atom is 0.0568 e. The Morgan fingerprint density at radius 2 is 2.00 bits per heavy atom. The van der Waals surface area contributed by atoms with Crippen LogP contribution in [0.2, 0.25) is 5.02 Å². The third-order valence-corrected chi connectivity index (χ3v) is 4.51. The molecule has 0 spiro atoms. The molecule has 1 nitrogen and oxygen atoms in total. The van der Waals surface area contributed by atoms with E-state index in [0.29, 0.717) is 6.04 Å². The molecule has 0 heterocycles. The summed E-state index contributed by atoms with van der Waals surface area (Å²) < 4.78 is 0.928. The molecule has 0 saturated carbocycles. The lowest BCUT2D eigenvalue weighted by Crippen LogP contribution is -2.15. The number of hydrogen-bond acceptors (Lipinski definition) is 1. The minimum absolute atomic E-state index is 0.410. The summed E-state index contributed by atoms with van der Waals surface area (Å²) in [6.07, 6.45) is 2.18. The lowest BCUT2D eigenvalue weighted by molar-refractivity contribution is 0.706. The summed E-state index contributed by atoms with van der Waals surface area (Å²) in [6.45, 7) is 4.33. The summed E-state index contributed by atoms with van der Waals surface area (Å²) in [7, 11) is 0. The Morgan fingerprint density at radius 3 is 2.70 bits per heavy atom. The zero-order valence-corrected chi connectivity index (χ0v) is 14.1. The van der Waals surface area contributed by atoms with Gasteiger partial charge in [0.25, 0.3) is 0 Å². The van der Waals surface area contributed by atoms with Crippen molar-refractivity contribution in [1.29, 1.82) is 0 Å². The second-order valence-corrected chi connectivity index (χ2v) is 6.46. The van der Waals surface area contributed by atoms with Crippen LogP contribution in [-0.4, -0.2) is 6.04 Å². The minimum atomic E-state index is 0.410. The van der Waals surface area contributed by atoms with Gasteiger partial charge in [0.2, 0.25) is 0 Å². The van der Waals surface area contributed by atoms with E-state index in [-0.39, 0.29) is 0 Å². The first-order valence-electron chi connectivity index (χ1n) is 6.82. The van der Waals surface area contributed by atoms with Crippen LogP contribution in [0.5, 0.6) is 0 Å². The lowest BCUT2D eigenvalue weighted by Gasteiger charge is -2.16. The summed E-state index contributed by atoms with van der Waals surface area (Å²) in [5.74, 6) is 0. The van der Waals surface area contributed by atoms with Gasteiger partial charge in [0.15, 0.2) is 0 Å². The van der Waals surface area contributed by atoms with E-state index in [1.165, 1.54) is 11.1 Å². The molecule has 0 amide bonds. The summed E-state index contributed by atoms with van der Waals surface area (Å²) in [5.41, 5.74) is 3.78. The monoisotopic (exact) mass is 351 g/mol. The molecule has 3 heteroatoms. The molecule has 0 bridgehead atoms. The number of hydrogen-bond donors (Lipinski definition) is 1. The van der Waals surface area contributed by atoms with E-state index >= 15 is 0 Å². The van der Waals surface area contributed by atoms with Gasteiger partial charge in [-0.1, -0.05) is 41.4 Å². The predicted octanol–water partition coefficient (Wildman–Crippen LogP) is 5.84. The summed E-state index contributed by atoms with van der Waals surface area (Å²) >= 11 is 9.50. The second kappa shape index (κ2) is 7.14. The third kappa shape index (κ3) is 4.53. The Bertz CT molecular complexity index is 583. The molecule has 2 aromatic rings. The summed E-state index contributed by atoms with van der Waals surface area (Å²) in [5, 5.41) is 4.23. The van der Waals surface area contributed by atoms with Crippen LogP contribution < -0.4 is 5.32 Å². The number of aryl methyl sites for hydroxylation is 2. The van der Waals surface area contributed by atoms with Gasteiger partial charge in [-0.2, -0.15) is 0 Å². The van der Waals surface area contributed by atoms with Crippen LogP contribution in [0.4, 0.5) is 5.69 Å². The van der Waals surface area contributed by atoms with Gasteiger partial charge in [0.1, 0.15) is 0 Å². The van der Waals surface area contributed by atoms with Gasteiger partial charge in [-0.3, -0.25) is 0 Å². The van der Waals surface area contributed by atoms with Crippen molar-refractivity contribution in [3.05, 3.63) is 63.1 Å². The van der Waals surface area contributed by atoms with E-state index in [4.69, 9.17) is 11.6 Å². The Kier molecular flexibility index (Phi) is 5.50. The van der Waals surface area contributed by atoms with Crippen LogP contribution in [-0.2, 0) is 6.42 Å². The molecule has 0 aliphatic heterocycles. The normalized spacial score (nSPS) is 12.2. The average Bonchev–Trinajstić information content (AvgIpc) is 2.41. The molecule has 0 aliphatic rings. The molecule has 0 fully saturated rings. The Hall–Kier alpha value is -0.990. The zero-order valence-electron chi connectivity index (χ0n) is 11.8. The molecule has 1 unspecified atom stereocenters. The molecular weight excluding hydrogens is 334 g/mol. The van der Waals surface area contributed by atoms with Gasteiger partial charge in [0.05, 0.1) is 5.02 Å². The first-order chi connectivity index (χ1) is 9.54. The van der Waals surface area contributed by atoms with Crippen molar-refractivity contribution < 1.29 is 0 Å². The molecule has 0 radical (unpaired) electrons. The van der Waals surface area contributed by atoms with Crippen LogP contribution in [0.3, 0.4) is 0 Å². The molecule has 106 valence electrons. The molecule has 20 heavy (non-hydrogen) atoms. The standard InChI is InChI=1S/C17H19BrClN/c1-12-4-3-5-14(10-12)7-6-13(2)20-15-8-9-16(18)17(19)11-15/h3-5,8-11,13,20H,6-7H2,1-2H3. The van der Waals surface area contributed by atoms with Crippen LogP contribution >= 0.6 is 27.5 Å². The largest absolute Gasteiger partial charge is 0.383 e. The Balaban J connectivity index is 1.89. The number of halogens is 2. The second-order valence-electron chi connectivity index (χ2n) is 5.20. The van der Waals surface area contributed by atoms with Crippen molar-refractivity contribution >= 4 is 33.2 Å². The van der Waals surface area contributed by atoms with E-state index in [0.717, 1.165) is 28.0 Å². The topological polar surface area (TPSA) is 12.0 Å². The third-order valence-electron chi connectivity index (χ3n) is 3.28. The first-order valence-corrected chi connectivity index (χ1v) is 7.99. The fourth-order valence-electron chi connectivity index (χ4n) is 2.19. The molecule has 0 aromatic heterocycles. The molecule has 1 N–H and O–H groups in total. The lowest BCUT2D eigenvalue weighted by atomic mass is 10.0. The maximum atomic E-state index is 6.10. The van der Waals surface area contributed by atoms with Crippen molar-refractivity contribution in [3.63, 3.8) is 0 Å². The fourth-order valence-corrected chi connectivity index (χ4v) is 2.62. The predicted molar refractivity (Wildman–Crippen MR) is 91.7 cm³/mol. The van der Waals surface area contributed by atoms with Gasteiger partial charge in [0, 0.05) is 16.2 Å². The number of rotatable bonds is 5. The highest BCUT2D eigenvalue weighted by Crippen LogP contribution is 2.26. The van der Waals surface area contributed by atoms with Crippen LogP contribution in [0.1, 0.15) is 24.5 Å². The van der Waals surface area contributed by atoms with E-state index in [2.05, 4.69) is 59.4 Å². The van der Waals surface area contributed by atoms with Crippen molar-refractivity contribution in [2.24, 2.45) is 0 Å². The van der Waals surface area contributed by atoms with Crippen LogP contribution in [0.15, 0.2) is 46.9 Å². The van der Waals surface area contributed by atoms with E-state index < -0.39 is 0 Å². The molecule has 2 aromatic carbocycles. The minimum Gasteiger partial charge on any atom is -0.383 e. The molecule has 0 saturated heterocycles. The highest BCUT2D eigenvalue weighted by atomic mass is 79.9. The van der Waals surface area contributed by atoms with Crippen molar-refractivity contribution in [2.45, 2.75) is 32.7 Å². The van der Waals surface area contributed by atoms with Crippen molar-refractivity contribution in [3.8, 4) is 0 Å². The number of nitrogens with one attached hydrogen (secondary N) is 1. The highest BCUT2D eigenvalue weighted by molar-refractivity contribution is 9.10. The smallest absolute Gasteiger partial charge is 0.0568 e. The fraction of sp³-hybridized carbons (Fsp3) is 0.294. The zero-order chi connectivity index (χ0) is 14.5. The van der Waals surface area contributed by atoms with Crippen LogP contribution in [0.25, 0.3) is 0 Å². The van der Waals surface area contributed by atoms with Crippen LogP contribution in [0, 0.1) is 6.92 Å². The highest BCUT2D eigenvalue weighted by Gasteiger charge is 2.05. The SMILES string of the molecule is Cc1cccc(CCC(C)Nc2ccc(Br)c(Cl)c2)c1. The van der Waals surface area contributed by atoms with Crippen molar-refractivity contribution in [1.82, 2.24) is 0 Å². The molecule has 2 rings (SSSR count). The average molecular weight is 353 g/mol. The number of anilines is 1. The van der Waals surface area contributed by atoms with Gasteiger partial charge in [-0.15, -0.1) is 0 Å². The Labute approximate surface area is 134 Å². The van der Waals surface area contributed by atoms with Gasteiger partial charge >= 0.3 is 0 Å². The number of benzene rings is 2. The quantitative estimate of drug-likeness (QED) is 0.712. The summed E-state index contributed by atoms with van der Waals surface area (Å²) in [6, 6.07) is 15.1. The molecule has 1 atom stereocenters. The van der Waals surface area contributed by atoms with Gasteiger partial charge in [-0.25, -0.2) is 0 Å². The summed E-state index contributed by atoms with van der Waals surface area (Å²) in [4.78, 5) is 0. The van der Waals surface area contributed by atoms with Gasteiger partial charge < -0.3 is 5.32 Å².